The van der Waals surface area contributed by atoms with Crippen LogP contribution in [0.3, 0.4) is 0 Å². The number of hydrogen-bond acceptors (Lipinski definition) is 4. The predicted octanol–water partition coefficient (Wildman–Crippen LogP) is 4.50. The Kier molecular flexibility index (Phi) is 7.11. The van der Waals surface area contributed by atoms with E-state index in [0.717, 1.165) is 34.2 Å². The minimum Gasteiger partial charge on any atom is -0.274 e. The van der Waals surface area contributed by atoms with Gasteiger partial charge in [-0.1, -0.05) is 29.8 Å². The highest BCUT2D eigenvalue weighted by atomic mass is 127. The van der Waals surface area contributed by atoms with Gasteiger partial charge in [-0.3, -0.25) is 9.59 Å². The van der Waals surface area contributed by atoms with Gasteiger partial charge in [-0.2, -0.15) is 4.31 Å². The first kappa shape index (κ1) is 23.1. The van der Waals surface area contributed by atoms with Crippen LogP contribution in [0.1, 0.15) is 38.5 Å². The summed E-state index contributed by atoms with van der Waals surface area (Å²) in [7, 11) is -3.95. The summed E-state index contributed by atoms with van der Waals surface area (Å²) < 4.78 is 29.3. The number of imide groups is 1. The lowest BCUT2D eigenvalue weighted by molar-refractivity contribution is -0.122. The fourth-order valence-corrected chi connectivity index (χ4v) is 6.22. The van der Waals surface area contributed by atoms with Crippen LogP contribution in [0.4, 0.5) is 5.69 Å². The van der Waals surface area contributed by atoms with Crippen LogP contribution in [0, 0.1) is 3.57 Å². The number of sulfonamides is 1. The van der Waals surface area contributed by atoms with Crippen LogP contribution in [0.15, 0.2) is 71.1 Å². The molecule has 1 aliphatic carbocycles. The molecule has 1 aliphatic heterocycles. The number of benzene rings is 2. The largest absolute Gasteiger partial charge is 0.274 e. The fraction of sp³-hybridized carbons (Fsp3) is 0.333. The van der Waals surface area contributed by atoms with Crippen LogP contribution >= 0.6 is 22.6 Å². The molecule has 1 fully saturated rings. The number of carbonyl (C=O) groups is 2. The number of amides is 2. The summed E-state index contributed by atoms with van der Waals surface area (Å²) in [4.78, 5) is 27.4. The highest BCUT2D eigenvalue weighted by Crippen LogP contribution is 2.31. The second kappa shape index (κ2) is 9.84. The molecule has 32 heavy (non-hydrogen) atoms. The van der Waals surface area contributed by atoms with Crippen LogP contribution in [-0.2, 0) is 19.6 Å². The van der Waals surface area contributed by atoms with Crippen LogP contribution in [0.5, 0.6) is 0 Å². The third-order valence-corrected chi connectivity index (χ3v) is 8.58. The number of rotatable bonds is 7. The average Bonchev–Trinajstić information content (AvgIpc) is 3.09. The molecule has 0 bridgehead atoms. The number of nitrogens with zero attached hydrogens (tertiary/aromatic N) is 2. The summed E-state index contributed by atoms with van der Waals surface area (Å²) in [6.07, 6.45) is 6.78. The van der Waals surface area contributed by atoms with E-state index in [1.165, 1.54) is 22.0 Å². The number of halogens is 1. The predicted molar refractivity (Wildman–Crippen MR) is 132 cm³/mol. The average molecular weight is 564 g/mol. The Balaban J connectivity index is 1.66. The van der Waals surface area contributed by atoms with Crippen LogP contribution in [0.25, 0.3) is 0 Å². The van der Waals surface area contributed by atoms with Gasteiger partial charge in [0, 0.05) is 10.1 Å². The zero-order valence-corrected chi connectivity index (χ0v) is 20.6. The molecule has 0 N–H and O–H groups in total. The molecular formula is C24H25IN2O4S. The molecule has 4 rings (SSSR count). The van der Waals surface area contributed by atoms with E-state index in [2.05, 4.69) is 28.7 Å². The van der Waals surface area contributed by atoms with Gasteiger partial charge in [-0.05, 0) is 91.1 Å². The summed E-state index contributed by atoms with van der Waals surface area (Å²) in [6, 6.07) is 14.1. The van der Waals surface area contributed by atoms with Gasteiger partial charge in [0.15, 0.2) is 0 Å². The van der Waals surface area contributed by atoms with Crippen molar-refractivity contribution in [2.45, 2.75) is 49.5 Å². The quantitative estimate of drug-likeness (QED) is 0.282. The molecule has 1 saturated heterocycles. The molecule has 1 atom stereocenters. The van der Waals surface area contributed by atoms with E-state index in [1.807, 2.05) is 12.1 Å². The molecule has 2 amide bonds. The number of carbonyl (C=O) groups excluding carboxylic acids is 2. The Morgan fingerprint density at radius 3 is 2.38 bits per heavy atom. The van der Waals surface area contributed by atoms with Gasteiger partial charge in [0.25, 0.3) is 5.91 Å². The van der Waals surface area contributed by atoms with Crippen molar-refractivity contribution in [3.05, 3.63) is 69.8 Å². The molecule has 2 aliphatic rings. The Labute approximate surface area is 202 Å². The maximum absolute atomic E-state index is 13.6. The van der Waals surface area contributed by atoms with Crippen LogP contribution in [-0.4, -0.2) is 37.1 Å². The molecule has 6 nitrogen and oxygen atoms in total. The lowest BCUT2D eigenvalue weighted by Crippen LogP contribution is -2.46. The maximum Gasteiger partial charge on any atom is 0.252 e. The van der Waals surface area contributed by atoms with Crippen molar-refractivity contribution < 1.29 is 18.0 Å². The first-order chi connectivity index (χ1) is 15.4. The monoisotopic (exact) mass is 564 g/mol. The summed E-state index contributed by atoms with van der Waals surface area (Å²) >= 11 is 2.15. The Bertz CT molecular complexity index is 1130. The SMILES string of the molecule is O=C1CC(N(CCC2=CCCCC2)S(=O)(=O)c2ccccc2)C(=O)N1c1ccc(I)cc1. The van der Waals surface area contributed by atoms with E-state index in [4.69, 9.17) is 0 Å². The highest BCUT2D eigenvalue weighted by molar-refractivity contribution is 14.1. The number of hydrogen-bond donors (Lipinski definition) is 0. The van der Waals surface area contributed by atoms with E-state index in [0.29, 0.717) is 12.1 Å². The molecule has 2 aromatic rings. The number of allylic oxidation sites excluding steroid dienone is 1. The van der Waals surface area contributed by atoms with E-state index >= 15 is 0 Å². The Morgan fingerprint density at radius 2 is 1.72 bits per heavy atom. The van der Waals surface area contributed by atoms with Crippen LogP contribution < -0.4 is 4.90 Å². The molecular weight excluding hydrogens is 539 g/mol. The van der Waals surface area contributed by atoms with Gasteiger partial charge in [-0.25, -0.2) is 13.3 Å². The molecule has 0 aromatic heterocycles. The lowest BCUT2D eigenvalue weighted by atomic mass is 9.97. The summed E-state index contributed by atoms with van der Waals surface area (Å²) in [5.74, 6) is -0.875. The second-order valence-electron chi connectivity index (χ2n) is 8.05. The molecule has 2 aromatic carbocycles. The first-order valence-corrected chi connectivity index (χ1v) is 13.3. The standard InChI is InChI=1S/C24H25IN2O4S/c25-19-11-13-20(14-12-19)27-23(28)17-22(24(27)29)26(16-15-18-7-3-1-4-8-18)32(30,31)21-9-5-2-6-10-21/h2,5-7,9-14,22H,1,3-4,8,15-17H2. The first-order valence-electron chi connectivity index (χ1n) is 10.7. The summed E-state index contributed by atoms with van der Waals surface area (Å²) in [5, 5.41) is 0. The minimum atomic E-state index is -3.95. The second-order valence-corrected chi connectivity index (χ2v) is 11.2. The van der Waals surface area contributed by atoms with Crippen molar-refractivity contribution in [3.63, 3.8) is 0 Å². The van der Waals surface area contributed by atoms with Crippen molar-refractivity contribution in [3.8, 4) is 0 Å². The Morgan fingerprint density at radius 1 is 1.00 bits per heavy atom. The van der Waals surface area contributed by atoms with Crippen molar-refractivity contribution in [1.82, 2.24) is 4.31 Å². The van der Waals surface area contributed by atoms with Gasteiger partial charge in [0.05, 0.1) is 17.0 Å². The van der Waals surface area contributed by atoms with Gasteiger partial charge >= 0.3 is 0 Å². The van der Waals surface area contributed by atoms with Crippen molar-refractivity contribution in [2.75, 3.05) is 11.4 Å². The van der Waals surface area contributed by atoms with Crippen molar-refractivity contribution >= 4 is 50.1 Å². The Hall–Kier alpha value is -2.04. The molecule has 1 unspecified atom stereocenters. The van der Waals surface area contributed by atoms with Gasteiger partial charge in [0.2, 0.25) is 15.9 Å². The highest BCUT2D eigenvalue weighted by Gasteiger charge is 2.46. The fourth-order valence-electron chi connectivity index (χ4n) is 4.26. The number of anilines is 1. The summed E-state index contributed by atoms with van der Waals surface area (Å²) in [6.45, 7) is 0.174. The topological polar surface area (TPSA) is 74.8 Å². The summed E-state index contributed by atoms with van der Waals surface area (Å²) in [5.41, 5.74) is 1.69. The zero-order chi connectivity index (χ0) is 22.7. The molecule has 0 spiro atoms. The van der Waals surface area contributed by atoms with E-state index < -0.39 is 22.0 Å². The van der Waals surface area contributed by atoms with Gasteiger partial charge in [0.1, 0.15) is 6.04 Å². The van der Waals surface area contributed by atoms with E-state index in [1.54, 1.807) is 30.3 Å². The van der Waals surface area contributed by atoms with E-state index in [-0.39, 0.29) is 23.8 Å². The van der Waals surface area contributed by atoms with Gasteiger partial charge in [-0.15, -0.1) is 0 Å². The third-order valence-electron chi connectivity index (χ3n) is 5.94. The lowest BCUT2D eigenvalue weighted by Gasteiger charge is -2.27. The van der Waals surface area contributed by atoms with Crippen LogP contribution in [0.2, 0.25) is 0 Å². The molecule has 0 saturated carbocycles. The van der Waals surface area contributed by atoms with Crippen molar-refractivity contribution in [1.29, 1.82) is 0 Å². The smallest absolute Gasteiger partial charge is 0.252 e. The molecule has 1 heterocycles. The van der Waals surface area contributed by atoms with Crippen molar-refractivity contribution in [2.24, 2.45) is 0 Å². The maximum atomic E-state index is 13.6. The van der Waals surface area contributed by atoms with Gasteiger partial charge < -0.3 is 0 Å². The zero-order valence-electron chi connectivity index (χ0n) is 17.6. The normalized spacial score (nSPS) is 19.5. The molecule has 0 radical (unpaired) electrons. The molecule has 168 valence electrons. The van der Waals surface area contributed by atoms with E-state index in [9.17, 15) is 18.0 Å². The third kappa shape index (κ3) is 4.82. The molecule has 8 heteroatoms. The minimum absolute atomic E-state index is 0.130.